The van der Waals surface area contributed by atoms with Crippen molar-refractivity contribution in [1.82, 2.24) is 14.4 Å². The van der Waals surface area contributed by atoms with Gasteiger partial charge in [-0.2, -0.15) is 9.29 Å². The molecule has 0 aliphatic carbocycles. The van der Waals surface area contributed by atoms with Crippen LogP contribution in [0.25, 0.3) is 0 Å². The number of aryl methyl sites for hydroxylation is 1. The Labute approximate surface area is 181 Å². The first-order valence-corrected chi connectivity index (χ1v) is 12.3. The molecule has 0 unspecified atom stereocenters. The number of rotatable bonds is 8. The number of amides is 1. The van der Waals surface area contributed by atoms with E-state index < -0.39 is 10.0 Å². The number of anilines is 2. The predicted octanol–water partition coefficient (Wildman–Crippen LogP) is 2.49. The van der Waals surface area contributed by atoms with Crippen LogP contribution in [0.2, 0.25) is 0 Å². The third-order valence-corrected chi connectivity index (χ3v) is 7.53. The number of piperidine rings is 1. The molecule has 1 amide bonds. The first kappa shape index (κ1) is 22.6. The smallest absolute Gasteiger partial charge is 0.243 e. The van der Waals surface area contributed by atoms with Crippen molar-refractivity contribution in [1.29, 1.82) is 0 Å². The summed E-state index contributed by atoms with van der Waals surface area (Å²) in [5, 5.41) is 6.65. The van der Waals surface area contributed by atoms with Crippen molar-refractivity contribution in [3.63, 3.8) is 0 Å². The summed E-state index contributed by atoms with van der Waals surface area (Å²) in [6.45, 7) is 2.78. The third kappa shape index (κ3) is 5.52. The van der Waals surface area contributed by atoms with Crippen LogP contribution in [0.1, 0.15) is 31.0 Å². The molecular formula is C19H27N5O4S2. The summed E-state index contributed by atoms with van der Waals surface area (Å²) in [6.07, 6.45) is 2.79. The monoisotopic (exact) mass is 453 g/mol. The molecule has 1 aromatic carbocycles. The largest absolute Gasteiger partial charge is 0.376 e. The van der Waals surface area contributed by atoms with E-state index in [0.717, 1.165) is 24.9 Å². The molecule has 1 aromatic heterocycles. The van der Waals surface area contributed by atoms with Crippen LogP contribution in [0.3, 0.4) is 0 Å². The SMILES string of the molecule is Cc1nc(CSCC(=O)Nc2cc(S(=O)(=O)N3CCCCC3)ccc2N(C)C)no1. The second-order valence-electron chi connectivity index (χ2n) is 7.31. The Bertz CT molecular complexity index is 985. The van der Waals surface area contributed by atoms with Crippen molar-refractivity contribution >= 4 is 39.1 Å². The van der Waals surface area contributed by atoms with Gasteiger partial charge in [0, 0.05) is 34.1 Å². The van der Waals surface area contributed by atoms with Gasteiger partial charge >= 0.3 is 0 Å². The Kier molecular flexibility index (Phi) is 7.37. The highest BCUT2D eigenvalue weighted by atomic mass is 32.2. The summed E-state index contributed by atoms with van der Waals surface area (Å²) in [6, 6.07) is 4.87. The van der Waals surface area contributed by atoms with E-state index in [1.54, 1.807) is 25.1 Å². The van der Waals surface area contributed by atoms with Crippen LogP contribution in [0.5, 0.6) is 0 Å². The molecular weight excluding hydrogens is 426 g/mol. The Morgan fingerprint density at radius 1 is 1.27 bits per heavy atom. The number of aromatic nitrogens is 2. The zero-order chi connectivity index (χ0) is 21.7. The van der Waals surface area contributed by atoms with E-state index in [1.807, 2.05) is 19.0 Å². The number of thioether (sulfide) groups is 1. The van der Waals surface area contributed by atoms with Crippen molar-refractivity contribution in [3.05, 3.63) is 29.9 Å². The molecule has 1 aliphatic heterocycles. The quantitative estimate of drug-likeness (QED) is 0.649. The molecule has 2 heterocycles. The summed E-state index contributed by atoms with van der Waals surface area (Å²) in [4.78, 5) is 18.6. The number of nitrogens with one attached hydrogen (secondary N) is 1. The van der Waals surface area contributed by atoms with E-state index in [4.69, 9.17) is 4.52 Å². The number of nitrogens with zero attached hydrogens (tertiary/aromatic N) is 4. The summed E-state index contributed by atoms with van der Waals surface area (Å²) < 4.78 is 32.5. The molecule has 1 N–H and O–H groups in total. The van der Waals surface area contributed by atoms with E-state index in [2.05, 4.69) is 15.5 Å². The first-order chi connectivity index (χ1) is 14.3. The second kappa shape index (κ2) is 9.80. The minimum Gasteiger partial charge on any atom is -0.376 e. The normalized spacial score (nSPS) is 15.2. The van der Waals surface area contributed by atoms with Gasteiger partial charge in [-0.3, -0.25) is 4.79 Å². The zero-order valence-electron chi connectivity index (χ0n) is 17.4. The lowest BCUT2D eigenvalue weighted by Crippen LogP contribution is -2.35. The van der Waals surface area contributed by atoms with Crippen molar-refractivity contribution < 1.29 is 17.7 Å². The van der Waals surface area contributed by atoms with E-state index >= 15 is 0 Å². The third-order valence-electron chi connectivity index (χ3n) is 4.71. The lowest BCUT2D eigenvalue weighted by atomic mass is 10.2. The van der Waals surface area contributed by atoms with E-state index in [-0.39, 0.29) is 16.6 Å². The van der Waals surface area contributed by atoms with Gasteiger partial charge in [0.2, 0.25) is 21.8 Å². The fourth-order valence-corrected chi connectivity index (χ4v) is 5.44. The predicted molar refractivity (Wildman–Crippen MR) is 117 cm³/mol. The fraction of sp³-hybridized carbons (Fsp3) is 0.526. The lowest BCUT2D eigenvalue weighted by Gasteiger charge is -2.26. The van der Waals surface area contributed by atoms with Crippen molar-refractivity contribution in [2.75, 3.05) is 43.2 Å². The van der Waals surface area contributed by atoms with Crippen LogP contribution in [-0.2, 0) is 20.6 Å². The Morgan fingerprint density at radius 2 is 2.00 bits per heavy atom. The van der Waals surface area contributed by atoms with Gasteiger partial charge < -0.3 is 14.7 Å². The van der Waals surface area contributed by atoms with Gasteiger partial charge in [-0.15, -0.1) is 11.8 Å². The molecule has 2 aromatic rings. The van der Waals surface area contributed by atoms with Crippen LogP contribution in [0, 0.1) is 6.92 Å². The van der Waals surface area contributed by atoms with Gasteiger partial charge in [0.05, 0.1) is 27.8 Å². The van der Waals surface area contributed by atoms with E-state index in [9.17, 15) is 13.2 Å². The maximum atomic E-state index is 13.0. The average molecular weight is 454 g/mol. The molecule has 164 valence electrons. The van der Waals surface area contributed by atoms with Crippen LogP contribution in [0.4, 0.5) is 11.4 Å². The molecule has 1 aliphatic rings. The number of hydrogen-bond donors (Lipinski definition) is 1. The molecule has 3 rings (SSSR count). The zero-order valence-corrected chi connectivity index (χ0v) is 19.1. The summed E-state index contributed by atoms with van der Waals surface area (Å²) in [7, 11) is 0.107. The van der Waals surface area contributed by atoms with Crippen LogP contribution in [0.15, 0.2) is 27.6 Å². The molecule has 0 spiro atoms. The molecule has 1 fully saturated rings. The standard InChI is InChI=1S/C19H27N5O4S2/c1-14-20-18(22-28-14)12-29-13-19(25)21-16-11-15(7-8-17(16)23(2)3)30(26,27)24-9-5-4-6-10-24/h7-8,11H,4-6,9-10,12-13H2,1-3H3,(H,21,25). The topological polar surface area (TPSA) is 109 Å². The van der Waals surface area contributed by atoms with E-state index in [1.165, 1.54) is 16.1 Å². The molecule has 0 atom stereocenters. The summed E-state index contributed by atoms with van der Waals surface area (Å²) in [5.74, 6) is 1.43. The molecule has 0 saturated carbocycles. The average Bonchev–Trinajstić information content (AvgIpc) is 3.13. The van der Waals surface area contributed by atoms with Crippen LogP contribution in [-0.4, -0.2) is 61.7 Å². The van der Waals surface area contributed by atoms with Gasteiger partial charge in [0.15, 0.2) is 5.82 Å². The maximum absolute atomic E-state index is 13.0. The Morgan fingerprint density at radius 3 is 2.63 bits per heavy atom. The van der Waals surface area contributed by atoms with Crippen molar-refractivity contribution in [2.45, 2.75) is 36.8 Å². The minimum absolute atomic E-state index is 0.184. The molecule has 11 heteroatoms. The lowest BCUT2D eigenvalue weighted by molar-refractivity contribution is -0.113. The van der Waals surface area contributed by atoms with E-state index in [0.29, 0.717) is 36.2 Å². The highest BCUT2D eigenvalue weighted by molar-refractivity contribution is 7.99. The van der Waals surface area contributed by atoms with Gasteiger partial charge in [-0.1, -0.05) is 11.6 Å². The number of carbonyl (C=O) groups is 1. The molecule has 9 nitrogen and oxygen atoms in total. The Balaban J connectivity index is 1.71. The van der Waals surface area contributed by atoms with Gasteiger partial charge in [-0.05, 0) is 31.0 Å². The van der Waals surface area contributed by atoms with Crippen molar-refractivity contribution in [2.24, 2.45) is 0 Å². The summed E-state index contributed by atoms with van der Waals surface area (Å²) >= 11 is 1.36. The van der Waals surface area contributed by atoms with Gasteiger partial charge in [-0.25, -0.2) is 8.42 Å². The molecule has 1 saturated heterocycles. The number of benzene rings is 1. The molecule has 0 bridgehead atoms. The van der Waals surface area contributed by atoms with Gasteiger partial charge in [0.1, 0.15) is 0 Å². The highest BCUT2D eigenvalue weighted by Gasteiger charge is 2.27. The first-order valence-electron chi connectivity index (χ1n) is 9.75. The number of hydrogen-bond acceptors (Lipinski definition) is 8. The molecule has 30 heavy (non-hydrogen) atoms. The number of carbonyl (C=O) groups excluding carboxylic acids is 1. The molecule has 0 radical (unpaired) electrons. The Hall–Kier alpha value is -2.11. The van der Waals surface area contributed by atoms with Gasteiger partial charge in [0.25, 0.3) is 0 Å². The van der Waals surface area contributed by atoms with Crippen LogP contribution >= 0.6 is 11.8 Å². The summed E-state index contributed by atoms with van der Waals surface area (Å²) in [5.41, 5.74) is 1.21. The highest BCUT2D eigenvalue weighted by Crippen LogP contribution is 2.30. The second-order valence-corrected chi connectivity index (χ2v) is 10.2. The van der Waals surface area contributed by atoms with Crippen LogP contribution < -0.4 is 10.2 Å². The fourth-order valence-electron chi connectivity index (χ4n) is 3.24. The maximum Gasteiger partial charge on any atom is 0.243 e. The number of sulfonamides is 1. The minimum atomic E-state index is -3.58. The van der Waals surface area contributed by atoms with Crippen molar-refractivity contribution in [3.8, 4) is 0 Å².